The summed E-state index contributed by atoms with van der Waals surface area (Å²) in [5.74, 6) is -0.723. The Labute approximate surface area is 171 Å². The molecule has 5 nitrogen and oxygen atoms in total. The predicted octanol–water partition coefficient (Wildman–Crippen LogP) is 4.56. The van der Waals surface area contributed by atoms with E-state index in [0.717, 1.165) is 19.3 Å². The Hall–Kier alpha value is -3.13. The minimum absolute atomic E-state index is 0.141. The van der Waals surface area contributed by atoms with E-state index in [1.54, 1.807) is 43.3 Å². The van der Waals surface area contributed by atoms with Gasteiger partial charge in [0.25, 0.3) is 5.91 Å². The molecule has 5 heteroatoms. The van der Waals surface area contributed by atoms with Crippen LogP contribution in [0.1, 0.15) is 56.0 Å². The number of hydrogen-bond acceptors (Lipinski definition) is 4. The lowest BCUT2D eigenvalue weighted by Gasteiger charge is -2.40. The van der Waals surface area contributed by atoms with E-state index in [1.165, 1.54) is 0 Å². The van der Waals surface area contributed by atoms with Gasteiger partial charge in [-0.15, -0.1) is 0 Å². The summed E-state index contributed by atoms with van der Waals surface area (Å²) in [6.45, 7) is 5.70. The van der Waals surface area contributed by atoms with Crippen LogP contribution in [0.15, 0.2) is 48.5 Å². The smallest absolute Gasteiger partial charge is 0.339 e. The summed E-state index contributed by atoms with van der Waals surface area (Å²) in [6, 6.07) is 16.6. The number of nitriles is 1. The lowest BCUT2D eigenvalue weighted by Crippen LogP contribution is -2.51. The third-order valence-corrected chi connectivity index (χ3v) is 5.56. The van der Waals surface area contributed by atoms with Gasteiger partial charge in [-0.25, -0.2) is 4.79 Å². The van der Waals surface area contributed by atoms with E-state index in [4.69, 9.17) is 4.74 Å². The largest absolute Gasteiger partial charge is 0.449 e. The predicted molar refractivity (Wildman–Crippen MR) is 111 cm³/mol. The van der Waals surface area contributed by atoms with Gasteiger partial charge in [-0.2, -0.15) is 5.26 Å². The molecule has 0 unspecified atom stereocenters. The van der Waals surface area contributed by atoms with Crippen LogP contribution in [0.4, 0.5) is 0 Å². The van der Waals surface area contributed by atoms with Gasteiger partial charge in [-0.1, -0.05) is 36.4 Å². The number of amides is 1. The Morgan fingerprint density at radius 3 is 2.28 bits per heavy atom. The highest BCUT2D eigenvalue weighted by Gasteiger charge is 2.33. The fourth-order valence-corrected chi connectivity index (χ4v) is 4.05. The van der Waals surface area contributed by atoms with Crippen molar-refractivity contribution in [2.24, 2.45) is 0 Å². The Bertz CT molecular complexity index is 937. The van der Waals surface area contributed by atoms with Crippen LogP contribution in [0.25, 0.3) is 11.1 Å². The number of hydrogen-bond donors (Lipinski definition) is 0. The average molecular weight is 390 g/mol. The monoisotopic (exact) mass is 390 g/mol. The molecule has 0 saturated carbocycles. The van der Waals surface area contributed by atoms with Gasteiger partial charge in [-0.3, -0.25) is 4.79 Å². The third-order valence-electron chi connectivity index (χ3n) is 5.56. The first-order valence-corrected chi connectivity index (χ1v) is 10.1. The SMILES string of the molecule is C[C@@H](OC(=O)c1ccccc1-c1ccccc1C#N)C(=O)N1[C@@H](C)CCC[C@@H]1C. The van der Waals surface area contributed by atoms with E-state index in [9.17, 15) is 14.9 Å². The van der Waals surface area contributed by atoms with Crippen LogP contribution in [0.3, 0.4) is 0 Å². The highest BCUT2D eigenvalue weighted by molar-refractivity contribution is 5.99. The van der Waals surface area contributed by atoms with Crippen LogP contribution in [-0.2, 0) is 9.53 Å². The standard InChI is InChI=1S/C24H26N2O3/c1-16-9-8-10-17(2)26(16)23(27)18(3)29-24(28)22-14-7-6-13-21(22)20-12-5-4-11-19(20)15-25/h4-7,11-14,16-18H,8-10H2,1-3H3/t16-,17-,18+/m0/s1. The maximum atomic E-state index is 12.9. The first kappa shape index (κ1) is 20.6. The summed E-state index contributed by atoms with van der Waals surface area (Å²) >= 11 is 0. The van der Waals surface area contributed by atoms with Crippen molar-refractivity contribution < 1.29 is 14.3 Å². The number of carbonyl (C=O) groups is 2. The number of nitrogens with zero attached hydrogens (tertiary/aromatic N) is 2. The molecule has 2 aromatic carbocycles. The van der Waals surface area contributed by atoms with E-state index in [1.807, 2.05) is 30.9 Å². The second kappa shape index (κ2) is 8.91. The summed E-state index contributed by atoms with van der Waals surface area (Å²) < 4.78 is 5.57. The third kappa shape index (κ3) is 4.32. The Kier molecular flexibility index (Phi) is 6.33. The summed E-state index contributed by atoms with van der Waals surface area (Å²) in [5, 5.41) is 9.40. The van der Waals surface area contributed by atoms with E-state index in [-0.39, 0.29) is 18.0 Å². The maximum absolute atomic E-state index is 12.9. The summed E-state index contributed by atoms with van der Waals surface area (Å²) in [4.78, 5) is 27.7. The molecule has 2 aromatic rings. The van der Waals surface area contributed by atoms with Crippen molar-refractivity contribution in [3.63, 3.8) is 0 Å². The average Bonchev–Trinajstić information content (AvgIpc) is 2.73. The molecule has 1 fully saturated rings. The van der Waals surface area contributed by atoms with Crippen molar-refractivity contribution >= 4 is 11.9 Å². The molecule has 29 heavy (non-hydrogen) atoms. The molecular formula is C24H26N2O3. The number of benzene rings is 2. The fourth-order valence-electron chi connectivity index (χ4n) is 4.05. The van der Waals surface area contributed by atoms with Gasteiger partial charge in [0.15, 0.2) is 6.10 Å². The molecule has 0 aliphatic carbocycles. The van der Waals surface area contributed by atoms with Gasteiger partial charge in [0.05, 0.1) is 17.2 Å². The molecule has 1 saturated heterocycles. The number of carbonyl (C=O) groups excluding carboxylic acids is 2. The maximum Gasteiger partial charge on any atom is 0.339 e. The molecule has 1 aliphatic heterocycles. The fraction of sp³-hybridized carbons (Fsp3) is 0.375. The Balaban J connectivity index is 1.83. The molecular weight excluding hydrogens is 364 g/mol. The highest BCUT2D eigenvalue weighted by Crippen LogP contribution is 2.28. The number of rotatable bonds is 4. The minimum Gasteiger partial charge on any atom is -0.449 e. The summed E-state index contributed by atoms with van der Waals surface area (Å²) in [7, 11) is 0. The zero-order valence-corrected chi connectivity index (χ0v) is 17.1. The first-order valence-electron chi connectivity index (χ1n) is 10.1. The molecule has 0 N–H and O–H groups in total. The van der Waals surface area contributed by atoms with Crippen molar-refractivity contribution in [2.75, 3.05) is 0 Å². The van der Waals surface area contributed by atoms with Gasteiger partial charge < -0.3 is 9.64 Å². The zero-order valence-electron chi connectivity index (χ0n) is 17.1. The summed E-state index contributed by atoms with van der Waals surface area (Å²) in [6.07, 6.45) is 2.16. The Morgan fingerprint density at radius 2 is 1.62 bits per heavy atom. The molecule has 3 atom stereocenters. The molecule has 0 bridgehead atoms. The quantitative estimate of drug-likeness (QED) is 0.718. The topological polar surface area (TPSA) is 70.4 Å². The second-order valence-electron chi connectivity index (χ2n) is 7.62. The number of ether oxygens (including phenoxy) is 1. The van der Waals surface area contributed by atoms with Crippen LogP contribution >= 0.6 is 0 Å². The molecule has 3 rings (SSSR count). The lowest BCUT2D eigenvalue weighted by molar-refractivity contribution is -0.146. The minimum atomic E-state index is -0.871. The lowest BCUT2D eigenvalue weighted by atomic mass is 9.96. The van der Waals surface area contributed by atoms with E-state index < -0.39 is 12.1 Å². The van der Waals surface area contributed by atoms with Crippen LogP contribution in [0, 0.1) is 11.3 Å². The van der Waals surface area contributed by atoms with Crippen molar-refractivity contribution in [1.29, 1.82) is 5.26 Å². The highest BCUT2D eigenvalue weighted by atomic mass is 16.5. The molecule has 150 valence electrons. The zero-order chi connectivity index (χ0) is 21.0. The molecule has 0 spiro atoms. The number of esters is 1. The summed E-state index contributed by atoms with van der Waals surface area (Å²) in [5.41, 5.74) is 2.11. The van der Waals surface area contributed by atoms with Crippen LogP contribution in [-0.4, -0.2) is 35.0 Å². The number of piperidine rings is 1. The van der Waals surface area contributed by atoms with Gasteiger partial charge in [0.2, 0.25) is 0 Å². The molecule has 1 heterocycles. The first-order chi connectivity index (χ1) is 13.9. The molecule has 1 aliphatic rings. The van der Waals surface area contributed by atoms with Crippen LogP contribution in [0.2, 0.25) is 0 Å². The molecule has 1 amide bonds. The number of likely N-dealkylation sites (tertiary alicyclic amines) is 1. The van der Waals surface area contributed by atoms with Crippen LogP contribution < -0.4 is 0 Å². The van der Waals surface area contributed by atoms with E-state index in [0.29, 0.717) is 22.3 Å². The van der Waals surface area contributed by atoms with E-state index >= 15 is 0 Å². The Morgan fingerprint density at radius 1 is 1.03 bits per heavy atom. The van der Waals surface area contributed by atoms with Crippen molar-refractivity contribution in [2.45, 2.75) is 58.2 Å². The van der Waals surface area contributed by atoms with Gasteiger partial charge >= 0.3 is 5.97 Å². The van der Waals surface area contributed by atoms with Gasteiger partial charge in [-0.05, 0) is 57.7 Å². The second-order valence-corrected chi connectivity index (χ2v) is 7.62. The van der Waals surface area contributed by atoms with Gasteiger partial charge in [0.1, 0.15) is 0 Å². The van der Waals surface area contributed by atoms with Crippen molar-refractivity contribution in [1.82, 2.24) is 4.90 Å². The van der Waals surface area contributed by atoms with Crippen LogP contribution in [0.5, 0.6) is 0 Å². The van der Waals surface area contributed by atoms with E-state index in [2.05, 4.69) is 6.07 Å². The molecule has 0 radical (unpaired) electrons. The van der Waals surface area contributed by atoms with Crippen molar-refractivity contribution in [3.8, 4) is 17.2 Å². The normalized spacial score (nSPS) is 19.9. The van der Waals surface area contributed by atoms with Gasteiger partial charge in [0, 0.05) is 17.6 Å². The van der Waals surface area contributed by atoms with Crippen molar-refractivity contribution in [3.05, 3.63) is 59.7 Å². The molecule has 0 aromatic heterocycles.